The molecule has 2 N–H and O–H groups in total. The predicted molar refractivity (Wildman–Crippen MR) is 95.0 cm³/mol. The molecule has 1 aliphatic heterocycles. The highest BCUT2D eigenvalue weighted by Gasteiger charge is 2.16. The van der Waals surface area contributed by atoms with Gasteiger partial charge in [-0.3, -0.25) is 9.69 Å². The van der Waals surface area contributed by atoms with Crippen molar-refractivity contribution >= 4 is 28.9 Å². The van der Waals surface area contributed by atoms with E-state index in [9.17, 15) is 9.90 Å². The molecule has 0 radical (unpaired) electrons. The second kappa shape index (κ2) is 7.47. The molecule has 0 saturated heterocycles. The smallest absolute Gasteiger partial charge is 0.239 e. The summed E-state index contributed by atoms with van der Waals surface area (Å²) >= 11 is 5.77. The van der Waals surface area contributed by atoms with Crippen molar-refractivity contribution in [2.24, 2.45) is 0 Å². The van der Waals surface area contributed by atoms with Gasteiger partial charge in [-0.1, -0.05) is 29.8 Å². The van der Waals surface area contributed by atoms with E-state index in [2.05, 4.69) is 21.3 Å². The van der Waals surface area contributed by atoms with E-state index >= 15 is 0 Å². The van der Waals surface area contributed by atoms with Crippen molar-refractivity contribution in [2.45, 2.75) is 6.42 Å². The van der Waals surface area contributed by atoms with Gasteiger partial charge in [0.2, 0.25) is 5.91 Å². The largest absolute Gasteiger partial charge is 0.508 e. The van der Waals surface area contributed by atoms with E-state index in [0.717, 1.165) is 25.1 Å². The molecule has 2 aromatic rings. The highest BCUT2D eigenvalue weighted by Crippen LogP contribution is 2.23. The quantitative estimate of drug-likeness (QED) is 0.895. The number of nitrogens with one attached hydrogen (secondary N) is 1. The first kappa shape index (κ1) is 16.5. The van der Waals surface area contributed by atoms with E-state index in [1.807, 2.05) is 12.1 Å². The van der Waals surface area contributed by atoms with E-state index in [0.29, 0.717) is 17.4 Å². The molecule has 0 atom stereocenters. The number of pyridine rings is 1. The van der Waals surface area contributed by atoms with Gasteiger partial charge < -0.3 is 10.4 Å². The average Bonchev–Trinajstić information content (AvgIpc) is 2.58. The van der Waals surface area contributed by atoms with Gasteiger partial charge in [-0.25, -0.2) is 4.98 Å². The molecule has 5 nitrogen and oxygen atoms in total. The Morgan fingerprint density at radius 2 is 2.04 bits per heavy atom. The molecule has 0 fully saturated rings. The number of phenols is 1. The van der Waals surface area contributed by atoms with Crippen molar-refractivity contribution in [2.75, 3.05) is 25.0 Å². The lowest BCUT2D eigenvalue weighted by Gasteiger charge is -2.25. The number of aromatic nitrogens is 1. The van der Waals surface area contributed by atoms with Crippen LogP contribution in [-0.2, 0) is 4.79 Å². The van der Waals surface area contributed by atoms with Gasteiger partial charge in [-0.05, 0) is 41.8 Å². The normalized spacial score (nSPS) is 15.0. The Kier molecular flexibility index (Phi) is 5.13. The second-order valence-electron chi connectivity index (χ2n) is 5.67. The van der Waals surface area contributed by atoms with Crippen LogP contribution in [0.15, 0.2) is 48.7 Å². The zero-order valence-electron chi connectivity index (χ0n) is 13.1. The van der Waals surface area contributed by atoms with Crippen LogP contribution in [0.2, 0.25) is 5.02 Å². The number of anilines is 1. The molecule has 0 aliphatic carbocycles. The Morgan fingerprint density at radius 1 is 1.25 bits per heavy atom. The van der Waals surface area contributed by atoms with Crippen LogP contribution >= 0.6 is 11.6 Å². The highest BCUT2D eigenvalue weighted by molar-refractivity contribution is 6.30. The molecule has 0 bridgehead atoms. The van der Waals surface area contributed by atoms with Gasteiger partial charge in [-0.15, -0.1) is 0 Å². The minimum Gasteiger partial charge on any atom is -0.508 e. The van der Waals surface area contributed by atoms with Crippen molar-refractivity contribution in [1.29, 1.82) is 0 Å². The monoisotopic (exact) mass is 343 g/mol. The van der Waals surface area contributed by atoms with E-state index in [-0.39, 0.29) is 11.7 Å². The summed E-state index contributed by atoms with van der Waals surface area (Å²) in [4.78, 5) is 18.2. The molecule has 124 valence electrons. The third-order valence-electron chi connectivity index (χ3n) is 3.89. The molecule has 2 heterocycles. The summed E-state index contributed by atoms with van der Waals surface area (Å²) in [6, 6.07) is 10.6. The first-order chi connectivity index (χ1) is 11.6. The summed E-state index contributed by atoms with van der Waals surface area (Å²) in [6.07, 6.45) is 4.51. The van der Waals surface area contributed by atoms with Gasteiger partial charge >= 0.3 is 0 Å². The molecule has 24 heavy (non-hydrogen) atoms. The molecule has 0 spiro atoms. The van der Waals surface area contributed by atoms with Crippen LogP contribution in [0.25, 0.3) is 5.57 Å². The maximum Gasteiger partial charge on any atom is 0.239 e. The SMILES string of the molecule is O=C(CN1CC=C(c2ccc(O)cc2)CC1)Nc1ccc(Cl)cn1. The van der Waals surface area contributed by atoms with Gasteiger partial charge in [0.1, 0.15) is 11.6 Å². The number of phenolic OH excluding ortho intramolecular Hbond substituents is 1. The molecule has 0 saturated carbocycles. The van der Waals surface area contributed by atoms with Gasteiger partial charge in [0.05, 0.1) is 11.6 Å². The Balaban J connectivity index is 1.53. The molecule has 1 amide bonds. The minimum absolute atomic E-state index is 0.0914. The number of aromatic hydroxyl groups is 1. The fraction of sp³-hybridized carbons (Fsp3) is 0.222. The number of halogens is 1. The first-order valence-corrected chi connectivity index (χ1v) is 8.10. The van der Waals surface area contributed by atoms with Gasteiger partial charge in [-0.2, -0.15) is 0 Å². The number of hydrogen-bond donors (Lipinski definition) is 2. The highest BCUT2D eigenvalue weighted by atomic mass is 35.5. The number of rotatable bonds is 4. The van der Waals surface area contributed by atoms with Crippen LogP contribution in [0.1, 0.15) is 12.0 Å². The summed E-state index contributed by atoms with van der Waals surface area (Å²) in [5, 5.41) is 12.7. The van der Waals surface area contributed by atoms with Gasteiger partial charge in [0.25, 0.3) is 0 Å². The molecular weight excluding hydrogens is 326 g/mol. The summed E-state index contributed by atoms with van der Waals surface area (Å²) in [5.74, 6) is 0.678. The second-order valence-corrected chi connectivity index (χ2v) is 6.11. The lowest BCUT2D eigenvalue weighted by atomic mass is 9.99. The van der Waals surface area contributed by atoms with Crippen LogP contribution in [0.4, 0.5) is 5.82 Å². The lowest BCUT2D eigenvalue weighted by Crippen LogP contribution is -2.36. The van der Waals surface area contributed by atoms with Crippen molar-refractivity contribution < 1.29 is 9.90 Å². The molecule has 6 heteroatoms. The molecule has 1 aromatic heterocycles. The minimum atomic E-state index is -0.0914. The van der Waals surface area contributed by atoms with E-state index < -0.39 is 0 Å². The zero-order chi connectivity index (χ0) is 16.9. The first-order valence-electron chi connectivity index (χ1n) is 7.72. The Labute approximate surface area is 145 Å². The number of hydrogen-bond acceptors (Lipinski definition) is 4. The van der Waals surface area contributed by atoms with Gasteiger partial charge in [0, 0.05) is 19.3 Å². The average molecular weight is 344 g/mol. The maximum atomic E-state index is 12.1. The van der Waals surface area contributed by atoms with Gasteiger partial charge in [0.15, 0.2) is 0 Å². The molecule has 0 unspecified atom stereocenters. The Morgan fingerprint density at radius 3 is 2.67 bits per heavy atom. The van der Waals surface area contributed by atoms with Crippen LogP contribution in [0.3, 0.4) is 0 Å². The van der Waals surface area contributed by atoms with E-state index in [1.54, 1.807) is 24.3 Å². The predicted octanol–water partition coefficient (Wildman–Crippen LogP) is 3.17. The zero-order valence-corrected chi connectivity index (χ0v) is 13.8. The Hall–Kier alpha value is -2.37. The molecular formula is C18H18ClN3O2. The Bertz CT molecular complexity index is 742. The van der Waals surface area contributed by atoms with Crippen LogP contribution in [0.5, 0.6) is 5.75 Å². The number of carbonyl (C=O) groups is 1. The lowest BCUT2D eigenvalue weighted by molar-refractivity contribution is -0.117. The summed E-state index contributed by atoms with van der Waals surface area (Å²) in [7, 11) is 0. The van der Waals surface area contributed by atoms with E-state index in [4.69, 9.17) is 11.6 Å². The van der Waals surface area contributed by atoms with Crippen molar-refractivity contribution in [3.8, 4) is 5.75 Å². The maximum absolute atomic E-state index is 12.1. The molecule has 3 rings (SSSR count). The van der Waals surface area contributed by atoms with Crippen LogP contribution in [0, 0.1) is 0 Å². The standard InChI is InChI=1S/C18H18ClN3O2/c19-15-3-6-17(20-11-15)21-18(24)12-22-9-7-14(8-10-22)13-1-4-16(23)5-2-13/h1-7,11,23H,8-10,12H2,(H,20,21,24). The number of amides is 1. The fourth-order valence-corrected chi connectivity index (χ4v) is 2.74. The number of nitrogens with zero attached hydrogens (tertiary/aromatic N) is 2. The topological polar surface area (TPSA) is 65.5 Å². The summed E-state index contributed by atoms with van der Waals surface area (Å²) < 4.78 is 0. The van der Waals surface area contributed by atoms with Crippen LogP contribution < -0.4 is 5.32 Å². The molecule has 1 aromatic carbocycles. The number of benzene rings is 1. The summed E-state index contributed by atoms with van der Waals surface area (Å²) in [6.45, 7) is 1.86. The van der Waals surface area contributed by atoms with Crippen molar-refractivity contribution in [1.82, 2.24) is 9.88 Å². The third kappa shape index (κ3) is 4.34. The number of carbonyl (C=O) groups excluding carboxylic acids is 1. The van der Waals surface area contributed by atoms with E-state index in [1.165, 1.54) is 11.8 Å². The fourth-order valence-electron chi connectivity index (χ4n) is 2.63. The van der Waals surface area contributed by atoms with Crippen LogP contribution in [-0.4, -0.2) is 40.5 Å². The van der Waals surface area contributed by atoms with Crippen molar-refractivity contribution in [3.63, 3.8) is 0 Å². The molecule has 1 aliphatic rings. The summed E-state index contributed by atoms with van der Waals surface area (Å²) in [5.41, 5.74) is 2.35. The third-order valence-corrected chi connectivity index (χ3v) is 4.12. The van der Waals surface area contributed by atoms with Crippen molar-refractivity contribution in [3.05, 3.63) is 59.3 Å².